The first-order chi connectivity index (χ1) is 18.2. The average molecular weight is 536 g/mol. The number of amides is 1. The van der Waals surface area contributed by atoms with Gasteiger partial charge in [-0.1, -0.05) is 54.2 Å². The van der Waals surface area contributed by atoms with Crippen molar-refractivity contribution in [2.75, 3.05) is 14.2 Å². The molecule has 2 aromatic rings. The summed E-state index contributed by atoms with van der Waals surface area (Å²) < 4.78 is 17.0. The SMILES string of the molecule is COc1cccc([C@@H]2C(C(=O)OC(C)C)=C(C)N=C3SC=C(CC(=O)N[C@H](C)c4ccccc4)N32)c1OC. The molecule has 0 saturated carbocycles. The van der Waals surface area contributed by atoms with Crippen molar-refractivity contribution in [2.45, 2.75) is 52.3 Å². The van der Waals surface area contributed by atoms with E-state index in [-0.39, 0.29) is 24.5 Å². The van der Waals surface area contributed by atoms with Crippen LogP contribution in [0.25, 0.3) is 0 Å². The molecule has 0 saturated heterocycles. The fraction of sp³-hybridized carbons (Fsp3) is 0.345. The van der Waals surface area contributed by atoms with Crippen LogP contribution in [0.1, 0.15) is 57.3 Å². The number of ether oxygens (including phenoxy) is 3. The predicted molar refractivity (Wildman–Crippen MR) is 149 cm³/mol. The second kappa shape index (κ2) is 11.8. The van der Waals surface area contributed by atoms with Crippen LogP contribution in [-0.4, -0.2) is 42.3 Å². The molecule has 200 valence electrons. The standard InChI is InChI=1S/C29H33N3O5S/c1-17(2)37-28(34)25-19(4)31-29-32(26(25)22-13-10-14-23(35-5)27(22)36-6)21(16-38-29)15-24(33)30-18(3)20-11-8-7-9-12-20/h7-14,16-18,26H,15H2,1-6H3,(H,30,33)/t18-,26-/m1/s1. The molecule has 0 spiro atoms. The molecule has 0 aromatic heterocycles. The van der Waals surface area contributed by atoms with E-state index in [0.29, 0.717) is 33.5 Å². The van der Waals surface area contributed by atoms with Gasteiger partial charge in [-0.3, -0.25) is 4.79 Å². The number of hydrogen-bond acceptors (Lipinski definition) is 8. The maximum atomic E-state index is 13.4. The monoisotopic (exact) mass is 535 g/mol. The first-order valence-corrected chi connectivity index (χ1v) is 13.3. The van der Waals surface area contributed by atoms with Crippen LogP contribution >= 0.6 is 11.8 Å². The Balaban J connectivity index is 1.71. The van der Waals surface area contributed by atoms with Crippen molar-refractivity contribution >= 4 is 28.8 Å². The number of amidine groups is 1. The smallest absolute Gasteiger partial charge is 0.338 e. The van der Waals surface area contributed by atoms with E-state index in [4.69, 9.17) is 19.2 Å². The molecule has 1 amide bonds. The number of aliphatic imine (C=N–C) groups is 1. The Labute approximate surface area is 227 Å². The van der Waals surface area contributed by atoms with E-state index in [1.54, 1.807) is 27.2 Å². The summed E-state index contributed by atoms with van der Waals surface area (Å²) >= 11 is 1.42. The van der Waals surface area contributed by atoms with Crippen LogP contribution in [0.3, 0.4) is 0 Å². The van der Waals surface area contributed by atoms with Gasteiger partial charge in [-0.25, -0.2) is 9.79 Å². The average Bonchev–Trinajstić information content (AvgIpc) is 3.28. The van der Waals surface area contributed by atoms with Crippen molar-refractivity contribution in [2.24, 2.45) is 4.99 Å². The van der Waals surface area contributed by atoms with Gasteiger partial charge in [-0.2, -0.15) is 0 Å². The molecule has 0 aliphatic carbocycles. The molecule has 4 rings (SSSR count). The quantitative estimate of drug-likeness (QED) is 0.424. The van der Waals surface area contributed by atoms with Crippen LogP contribution in [0.4, 0.5) is 0 Å². The number of methoxy groups -OCH3 is 2. The van der Waals surface area contributed by atoms with Crippen molar-refractivity contribution in [1.29, 1.82) is 0 Å². The van der Waals surface area contributed by atoms with Crippen LogP contribution in [0.2, 0.25) is 0 Å². The molecule has 2 aliphatic heterocycles. The molecular weight excluding hydrogens is 502 g/mol. The summed E-state index contributed by atoms with van der Waals surface area (Å²) in [6, 6.07) is 14.6. The van der Waals surface area contributed by atoms with Crippen molar-refractivity contribution < 1.29 is 23.8 Å². The number of nitrogens with one attached hydrogen (secondary N) is 1. The number of benzene rings is 2. The molecule has 0 bridgehead atoms. The predicted octanol–water partition coefficient (Wildman–Crippen LogP) is 5.50. The fourth-order valence-electron chi connectivity index (χ4n) is 4.61. The summed E-state index contributed by atoms with van der Waals surface area (Å²) in [5.74, 6) is 0.439. The van der Waals surface area contributed by atoms with Crippen LogP contribution in [-0.2, 0) is 14.3 Å². The number of carbonyl (C=O) groups is 2. The highest BCUT2D eigenvalue weighted by molar-refractivity contribution is 8.16. The fourth-order valence-corrected chi connectivity index (χ4v) is 5.58. The van der Waals surface area contributed by atoms with Crippen LogP contribution < -0.4 is 14.8 Å². The molecular formula is C29H33N3O5S. The number of carbonyl (C=O) groups excluding carboxylic acids is 2. The van der Waals surface area contributed by atoms with E-state index in [2.05, 4.69) is 5.32 Å². The zero-order valence-corrected chi connectivity index (χ0v) is 23.3. The lowest BCUT2D eigenvalue weighted by Gasteiger charge is -2.37. The molecule has 8 nitrogen and oxygen atoms in total. The minimum Gasteiger partial charge on any atom is -0.493 e. The number of rotatable bonds is 9. The summed E-state index contributed by atoms with van der Waals surface area (Å²) in [6.07, 6.45) is -0.202. The topological polar surface area (TPSA) is 89.5 Å². The van der Waals surface area contributed by atoms with Gasteiger partial charge >= 0.3 is 5.97 Å². The zero-order chi connectivity index (χ0) is 27.4. The van der Waals surface area contributed by atoms with Crippen LogP contribution in [0, 0.1) is 0 Å². The summed E-state index contributed by atoms with van der Waals surface area (Å²) in [5.41, 5.74) is 3.40. The Morgan fingerprint density at radius 1 is 1.05 bits per heavy atom. The normalized spacial score (nSPS) is 17.4. The minimum absolute atomic E-state index is 0.109. The Bertz CT molecular complexity index is 1300. The van der Waals surface area contributed by atoms with E-state index >= 15 is 0 Å². The Morgan fingerprint density at radius 3 is 2.45 bits per heavy atom. The first kappa shape index (κ1) is 27.3. The van der Waals surface area contributed by atoms with Crippen LogP contribution in [0.15, 0.2) is 75.9 Å². The van der Waals surface area contributed by atoms with E-state index in [1.807, 2.05) is 73.5 Å². The van der Waals surface area contributed by atoms with Gasteiger partial charge in [0.1, 0.15) is 0 Å². The minimum atomic E-state index is -0.626. The highest BCUT2D eigenvalue weighted by Crippen LogP contribution is 2.48. The number of allylic oxidation sites excluding steroid dienone is 1. The highest BCUT2D eigenvalue weighted by Gasteiger charge is 2.43. The number of para-hydroxylation sites is 1. The third-order valence-electron chi connectivity index (χ3n) is 6.31. The van der Waals surface area contributed by atoms with Gasteiger partial charge in [0.15, 0.2) is 16.7 Å². The summed E-state index contributed by atoms with van der Waals surface area (Å²) in [5, 5.41) is 5.67. The van der Waals surface area contributed by atoms with Gasteiger partial charge in [0.05, 0.1) is 50.1 Å². The molecule has 0 fully saturated rings. The number of nitrogens with zero attached hydrogens (tertiary/aromatic N) is 2. The Morgan fingerprint density at radius 2 is 1.79 bits per heavy atom. The summed E-state index contributed by atoms with van der Waals surface area (Å²) in [4.78, 5) is 33.2. The Hall–Kier alpha value is -3.72. The molecule has 0 unspecified atom stereocenters. The van der Waals surface area contributed by atoms with Crippen LogP contribution in [0.5, 0.6) is 11.5 Å². The molecule has 2 aromatic carbocycles. The van der Waals surface area contributed by atoms with Gasteiger partial charge in [-0.15, -0.1) is 0 Å². The van der Waals surface area contributed by atoms with Gasteiger partial charge in [-0.05, 0) is 44.7 Å². The Kier molecular flexibility index (Phi) is 8.46. The molecule has 1 N–H and O–H groups in total. The summed E-state index contributed by atoms with van der Waals surface area (Å²) in [7, 11) is 3.13. The molecule has 38 heavy (non-hydrogen) atoms. The van der Waals surface area contributed by atoms with Gasteiger partial charge in [0.25, 0.3) is 0 Å². The third-order valence-corrected chi connectivity index (χ3v) is 7.20. The van der Waals surface area contributed by atoms with Gasteiger partial charge in [0.2, 0.25) is 5.91 Å². The number of fused-ring (bicyclic) bond motifs is 1. The largest absolute Gasteiger partial charge is 0.493 e. The number of esters is 1. The van der Waals surface area contributed by atoms with E-state index in [9.17, 15) is 9.59 Å². The first-order valence-electron chi connectivity index (χ1n) is 12.5. The second-order valence-corrected chi connectivity index (χ2v) is 10.1. The lowest BCUT2D eigenvalue weighted by Crippen LogP contribution is -2.38. The number of hydrogen-bond donors (Lipinski definition) is 1. The lowest BCUT2D eigenvalue weighted by molar-refractivity contribution is -0.143. The molecule has 2 atom stereocenters. The number of thioether (sulfide) groups is 1. The zero-order valence-electron chi connectivity index (χ0n) is 22.5. The van der Waals surface area contributed by atoms with E-state index in [1.165, 1.54) is 11.8 Å². The van der Waals surface area contributed by atoms with Crippen molar-refractivity contribution in [3.05, 3.63) is 82.0 Å². The third kappa shape index (κ3) is 5.57. The van der Waals surface area contributed by atoms with Crippen molar-refractivity contribution in [3.8, 4) is 11.5 Å². The van der Waals surface area contributed by atoms with Gasteiger partial charge in [0, 0.05) is 11.3 Å². The molecule has 2 aliphatic rings. The summed E-state index contributed by atoms with van der Waals surface area (Å²) in [6.45, 7) is 7.37. The maximum absolute atomic E-state index is 13.4. The molecule has 0 radical (unpaired) electrons. The van der Waals surface area contributed by atoms with Crippen molar-refractivity contribution in [3.63, 3.8) is 0 Å². The molecule has 9 heteroatoms. The van der Waals surface area contributed by atoms with E-state index < -0.39 is 12.0 Å². The highest BCUT2D eigenvalue weighted by atomic mass is 32.2. The maximum Gasteiger partial charge on any atom is 0.338 e. The molecule has 2 heterocycles. The lowest BCUT2D eigenvalue weighted by atomic mass is 9.92. The van der Waals surface area contributed by atoms with E-state index in [0.717, 1.165) is 11.3 Å². The van der Waals surface area contributed by atoms with Gasteiger partial charge < -0.3 is 24.4 Å². The van der Waals surface area contributed by atoms with Crippen molar-refractivity contribution in [1.82, 2.24) is 10.2 Å². The second-order valence-electron chi connectivity index (χ2n) is 9.31.